The van der Waals surface area contributed by atoms with Crippen LogP contribution in [-0.2, 0) is 11.3 Å². The Balaban J connectivity index is 1.53. The van der Waals surface area contributed by atoms with Gasteiger partial charge in [-0.05, 0) is 42.3 Å². The van der Waals surface area contributed by atoms with E-state index in [-0.39, 0.29) is 12.6 Å². The number of hydrogen-bond acceptors (Lipinski definition) is 5. The zero-order valence-corrected chi connectivity index (χ0v) is 14.5. The molecule has 9 heteroatoms. The lowest BCUT2D eigenvalue weighted by atomic mass is 10.2. The van der Waals surface area contributed by atoms with Crippen LogP contribution in [-0.4, -0.2) is 38.2 Å². The SMILES string of the molecule is O=C(Cn1nnc(-c2ccc(Br)cc2)n1)NC(=O)NC1CCCC1. The van der Waals surface area contributed by atoms with Gasteiger partial charge in [-0.1, -0.05) is 28.8 Å². The highest BCUT2D eigenvalue weighted by Gasteiger charge is 2.18. The number of amides is 3. The molecule has 0 bridgehead atoms. The van der Waals surface area contributed by atoms with Gasteiger partial charge < -0.3 is 5.32 Å². The maximum Gasteiger partial charge on any atom is 0.321 e. The zero-order valence-electron chi connectivity index (χ0n) is 12.9. The van der Waals surface area contributed by atoms with Crippen molar-refractivity contribution < 1.29 is 9.59 Å². The minimum atomic E-state index is -0.481. The van der Waals surface area contributed by atoms with Crippen molar-refractivity contribution in [3.63, 3.8) is 0 Å². The molecule has 1 aromatic carbocycles. The van der Waals surface area contributed by atoms with Crippen molar-refractivity contribution in [1.29, 1.82) is 0 Å². The van der Waals surface area contributed by atoms with E-state index in [1.165, 1.54) is 0 Å². The van der Waals surface area contributed by atoms with Crippen LogP contribution in [0.4, 0.5) is 4.79 Å². The lowest BCUT2D eigenvalue weighted by molar-refractivity contribution is -0.121. The molecule has 2 N–H and O–H groups in total. The van der Waals surface area contributed by atoms with Gasteiger partial charge in [0.25, 0.3) is 5.91 Å². The fourth-order valence-electron chi connectivity index (χ4n) is 2.61. The summed E-state index contributed by atoms with van der Waals surface area (Å²) >= 11 is 3.36. The third kappa shape index (κ3) is 4.38. The van der Waals surface area contributed by atoms with E-state index >= 15 is 0 Å². The highest BCUT2D eigenvalue weighted by molar-refractivity contribution is 9.10. The number of tetrazole rings is 1. The summed E-state index contributed by atoms with van der Waals surface area (Å²) in [5.41, 5.74) is 0.795. The van der Waals surface area contributed by atoms with Crippen molar-refractivity contribution in [2.75, 3.05) is 0 Å². The Labute approximate surface area is 147 Å². The third-order valence-corrected chi connectivity index (χ3v) is 4.31. The lowest BCUT2D eigenvalue weighted by Gasteiger charge is -2.11. The molecule has 24 heavy (non-hydrogen) atoms. The van der Waals surface area contributed by atoms with Gasteiger partial charge in [-0.25, -0.2) is 4.79 Å². The van der Waals surface area contributed by atoms with Crippen LogP contribution in [0, 0.1) is 0 Å². The van der Waals surface area contributed by atoms with Gasteiger partial charge in [-0.15, -0.1) is 10.2 Å². The van der Waals surface area contributed by atoms with Gasteiger partial charge in [0.05, 0.1) is 0 Å². The van der Waals surface area contributed by atoms with E-state index in [0.29, 0.717) is 5.82 Å². The number of nitrogens with one attached hydrogen (secondary N) is 2. The molecule has 0 radical (unpaired) electrons. The maximum atomic E-state index is 11.9. The quantitative estimate of drug-likeness (QED) is 0.826. The van der Waals surface area contributed by atoms with Crippen molar-refractivity contribution in [2.24, 2.45) is 0 Å². The van der Waals surface area contributed by atoms with Gasteiger partial charge in [0, 0.05) is 16.1 Å². The van der Waals surface area contributed by atoms with Crippen molar-refractivity contribution >= 4 is 27.9 Å². The van der Waals surface area contributed by atoms with Crippen LogP contribution in [0.2, 0.25) is 0 Å². The first-order valence-electron chi connectivity index (χ1n) is 7.74. The summed E-state index contributed by atoms with van der Waals surface area (Å²) < 4.78 is 0.950. The Bertz CT molecular complexity index is 724. The monoisotopic (exact) mass is 392 g/mol. The minimum Gasteiger partial charge on any atom is -0.335 e. The second-order valence-electron chi connectivity index (χ2n) is 5.65. The summed E-state index contributed by atoms with van der Waals surface area (Å²) in [5.74, 6) is -0.0593. The van der Waals surface area contributed by atoms with E-state index in [0.717, 1.165) is 40.5 Å². The van der Waals surface area contributed by atoms with Gasteiger partial charge in [-0.3, -0.25) is 10.1 Å². The van der Waals surface area contributed by atoms with Crippen molar-refractivity contribution in [1.82, 2.24) is 30.8 Å². The summed E-state index contributed by atoms with van der Waals surface area (Å²) in [6.07, 6.45) is 4.15. The number of carbonyl (C=O) groups is 2. The van der Waals surface area contributed by atoms with Crippen LogP contribution in [0.5, 0.6) is 0 Å². The van der Waals surface area contributed by atoms with E-state index in [4.69, 9.17) is 0 Å². The number of hydrogen-bond donors (Lipinski definition) is 2. The van der Waals surface area contributed by atoms with E-state index in [1.807, 2.05) is 24.3 Å². The summed E-state index contributed by atoms with van der Waals surface area (Å²) in [6.45, 7) is -0.165. The number of imide groups is 1. The molecule has 1 heterocycles. The Morgan fingerprint density at radius 3 is 2.62 bits per heavy atom. The fourth-order valence-corrected chi connectivity index (χ4v) is 2.88. The normalized spacial score (nSPS) is 14.5. The molecular weight excluding hydrogens is 376 g/mol. The molecule has 0 unspecified atom stereocenters. The first kappa shape index (κ1) is 16.6. The van der Waals surface area contributed by atoms with Gasteiger partial charge in [-0.2, -0.15) is 4.80 Å². The average molecular weight is 393 g/mol. The topological polar surface area (TPSA) is 102 Å². The Hall–Kier alpha value is -2.29. The second kappa shape index (κ2) is 7.52. The molecule has 0 aliphatic heterocycles. The van der Waals surface area contributed by atoms with E-state index in [1.54, 1.807) is 0 Å². The van der Waals surface area contributed by atoms with Crippen molar-refractivity contribution in [2.45, 2.75) is 38.3 Å². The Morgan fingerprint density at radius 1 is 1.21 bits per heavy atom. The molecule has 1 fully saturated rings. The Morgan fingerprint density at radius 2 is 1.92 bits per heavy atom. The molecular formula is C15H17BrN6O2. The van der Waals surface area contributed by atoms with Crippen LogP contribution in [0.3, 0.4) is 0 Å². The highest BCUT2D eigenvalue weighted by atomic mass is 79.9. The lowest BCUT2D eigenvalue weighted by Crippen LogP contribution is -2.44. The first-order chi connectivity index (χ1) is 11.6. The largest absolute Gasteiger partial charge is 0.335 e. The molecule has 0 saturated heterocycles. The number of aromatic nitrogens is 4. The fraction of sp³-hybridized carbons (Fsp3) is 0.400. The molecule has 1 aliphatic carbocycles. The predicted octanol–water partition coefficient (Wildman–Crippen LogP) is 1.87. The van der Waals surface area contributed by atoms with Crippen LogP contribution in [0.1, 0.15) is 25.7 Å². The van der Waals surface area contributed by atoms with Crippen LogP contribution in [0.15, 0.2) is 28.7 Å². The van der Waals surface area contributed by atoms with Crippen molar-refractivity contribution in [3.8, 4) is 11.4 Å². The summed E-state index contributed by atoms with van der Waals surface area (Å²) in [7, 11) is 0. The van der Waals surface area contributed by atoms with E-state index < -0.39 is 11.9 Å². The van der Waals surface area contributed by atoms with Crippen LogP contribution in [0.25, 0.3) is 11.4 Å². The molecule has 3 amide bonds. The molecule has 8 nitrogen and oxygen atoms in total. The predicted molar refractivity (Wildman–Crippen MR) is 89.9 cm³/mol. The third-order valence-electron chi connectivity index (χ3n) is 3.78. The van der Waals surface area contributed by atoms with E-state index in [2.05, 4.69) is 42.0 Å². The number of nitrogens with zero attached hydrogens (tertiary/aromatic N) is 4. The van der Waals surface area contributed by atoms with Gasteiger partial charge in [0.2, 0.25) is 5.82 Å². The summed E-state index contributed by atoms with van der Waals surface area (Å²) in [4.78, 5) is 24.8. The number of benzene rings is 1. The number of carbonyl (C=O) groups excluding carboxylic acids is 2. The summed E-state index contributed by atoms with van der Waals surface area (Å²) in [6, 6.07) is 7.12. The first-order valence-corrected chi connectivity index (χ1v) is 8.53. The Kier molecular flexibility index (Phi) is 5.19. The molecule has 2 aromatic rings. The van der Waals surface area contributed by atoms with Crippen LogP contribution >= 0.6 is 15.9 Å². The molecule has 0 atom stereocenters. The molecule has 1 aromatic heterocycles. The van der Waals surface area contributed by atoms with Gasteiger partial charge >= 0.3 is 6.03 Å². The second-order valence-corrected chi connectivity index (χ2v) is 6.57. The average Bonchev–Trinajstić information content (AvgIpc) is 3.19. The van der Waals surface area contributed by atoms with E-state index in [9.17, 15) is 9.59 Å². The maximum absolute atomic E-state index is 11.9. The zero-order chi connectivity index (χ0) is 16.9. The van der Waals surface area contributed by atoms with Crippen LogP contribution < -0.4 is 10.6 Å². The molecule has 1 aliphatic rings. The highest BCUT2D eigenvalue weighted by Crippen LogP contribution is 2.18. The molecule has 3 rings (SSSR count). The van der Waals surface area contributed by atoms with Gasteiger partial charge in [0.15, 0.2) is 0 Å². The van der Waals surface area contributed by atoms with Gasteiger partial charge in [0.1, 0.15) is 6.54 Å². The summed E-state index contributed by atoms with van der Waals surface area (Å²) in [5, 5.41) is 17.0. The smallest absolute Gasteiger partial charge is 0.321 e. The standard InChI is InChI=1S/C15H17BrN6O2/c16-11-7-5-10(6-8-11)14-19-21-22(20-14)9-13(23)18-15(24)17-12-3-1-2-4-12/h5-8,12H,1-4,9H2,(H2,17,18,23,24). The minimum absolute atomic E-state index is 0.159. The number of rotatable bonds is 4. The molecule has 126 valence electrons. The number of halogens is 1. The van der Waals surface area contributed by atoms with Crippen molar-refractivity contribution in [3.05, 3.63) is 28.7 Å². The molecule has 0 spiro atoms. The molecule has 1 saturated carbocycles. The number of urea groups is 1.